The smallest absolute Gasteiger partial charge is 0.226 e. The van der Waals surface area contributed by atoms with Gasteiger partial charge in [-0.05, 0) is 86.2 Å². The van der Waals surface area contributed by atoms with Crippen molar-refractivity contribution >= 4 is 28.9 Å². The van der Waals surface area contributed by atoms with Crippen LogP contribution < -0.4 is 10.6 Å². The zero-order valence-electron chi connectivity index (χ0n) is 21.1. The number of phenolic OH excluding ortho intramolecular Hbond substituents is 1. The van der Waals surface area contributed by atoms with Crippen molar-refractivity contribution in [3.8, 4) is 11.4 Å². The fraction of sp³-hybridized carbons (Fsp3) is 0.207. The summed E-state index contributed by atoms with van der Waals surface area (Å²) in [6.45, 7) is 4.42. The lowest BCUT2D eigenvalue weighted by Crippen LogP contribution is -2.33. The number of amides is 1. The lowest BCUT2D eigenvalue weighted by Gasteiger charge is -2.28. The van der Waals surface area contributed by atoms with Gasteiger partial charge in [0.2, 0.25) is 5.91 Å². The Morgan fingerprint density at radius 2 is 1.84 bits per heavy atom. The van der Waals surface area contributed by atoms with E-state index in [4.69, 9.17) is 12.2 Å². The molecule has 2 aromatic heterocycles. The van der Waals surface area contributed by atoms with Crippen LogP contribution in [0.3, 0.4) is 0 Å². The van der Waals surface area contributed by atoms with Crippen molar-refractivity contribution < 1.29 is 14.3 Å². The maximum Gasteiger partial charge on any atom is 0.226 e. The molecule has 4 aromatic rings. The van der Waals surface area contributed by atoms with Gasteiger partial charge in [-0.2, -0.15) is 0 Å². The normalized spacial score (nSPS) is 16.9. The summed E-state index contributed by atoms with van der Waals surface area (Å²) in [5.41, 5.74) is 5.02. The van der Waals surface area contributed by atoms with E-state index in [-0.39, 0.29) is 35.8 Å². The highest BCUT2D eigenvalue weighted by Crippen LogP contribution is 2.41. The maximum atomic E-state index is 14.0. The van der Waals surface area contributed by atoms with E-state index in [2.05, 4.69) is 33.2 Å². The summed E-state index contributed by atoms with van der Waals surface area (Å²) in [6, 6.07) is 20.6. The van der Waals surface area contributed by atoms with Gasteiger partial charge in [0.15, 0.2) is 5.11 Å². The van der Waals surface area contributed by atoms with Crippen LogP contribution in [0.2, 0.25) is 0 Å². The molecule has 1 amide bonds. The minimum absolute atomic E-state index is 0.123. The molecule has 0 radical (unpaired) electrons. The number of aryl methyl sites for hydroxylation is 1. The van der Waals surface area contributed by atoms with E-state index in [0.717, 1.165) is 28.3 Å². The fourth-order valence-electron chi connectivity index (χ4n) is 5.07. The highest BCUT2D eigenvalue weighted by atomic mass is 32.1. The molecule has 1 saturated heterocycles. The number of para-hydroxylation sites is 1. The molecule has 0 bridgehead atoms. The van der Waals surface area contributed by atoms with E-state index in [0.29, 0.717) is 11.7 Å². The van der Waals surface area contributed by atoms with E-state index < -0.39 is 5.82 Å². The molecule has 2 atom stereocenters. The van der Waals surface area contributed by atoms with Crippen molar-refractivity contribution in [3.05, 3.63) is 107 Å². The van der Waals surface area contributed by atoms with Crippen LogP contribution in [-0.4, -0.2) is 37.1 Å². The van der Waals surface area contributed by atoms with Crippen LogP contribution in [0.25, 0.3) is 5.69 Å². The molecular formula is C29H28FN5O2S. The zero-order valence-corrected chi connectivity index (χ0v) is 21.9. The third kappa shape index (κ3) is 4.97. The number of anilines is 1. The molecule has 1 aliphatic heterocycles. The summed E-state index contributed by atoms with van der Waals surface area (Å²) in [5, 5.41) is 16.4. The number of aromatic nitrogens is 2. The molecule has 38 heavy (non-hydrogen) atoms. The second kappa shape index (κ2) is 10.6. The highest BCUT2D eigenvalue weighted by Gasteiger charge is 2.41. The number of benzene rings is 2. The van der Waals surface area contributed by atoms with Crippen LogP contribution in [0.1, 0.15) is 41.1 Å². The predicted octanol–water partition coefficient (Wildman–Crippen LogP) is 5.34. The van der Waals surface area contributed by atoms with Gasteiger partial charge in [0.05, 0.1) is 23.5 Å². The van der Waals surface area contributed by atoms with Gasteiger partial charge in [-0.1, -0.05) is 18.2 Å². The molecule has 1 aliphatic rings. The minimum Gasteiger partial charge on any atom is -0.508 e. The topological polar surface area (TPSA) is 82.4 Å². The van der Waals surface area contributed by atoms with Crippen LogP contribution in [0.15, 0.2) is 79.0 Å². The van der Waals surface area contributed by atoms with Gasteiger partial charge in [0, 0.05) is 36.2 Å². The van der Waals surface area contributed by atoms with Gasteiger partial charge in [0.1, 0.15) is 11.6 Å². The summed E-state index contributed by atoms with van der Waals surface area (Å²) < 4.78 is 16.2. The van der Waals surface area contributed by atoms with E-state index in [1.807, 2.05) is 42.2 Å². The number of carbonyl (C=O) groups is 1. The van der Waals surface area contributed by atoms with Crippen LogP contribution in [0.4, 0.5) is 10.1 Å². The number of phenols is 1. The minimum atomic E-state index is -0.478. The monoisotopic (exact) mass is 529 g/mol. The highest BCUT2D eigenvalue weighted by molar-refractivity contribution is 7.80. The number of halogens is 1. The zero-order chi connectivity index (χ0) is 26.8. The average molecular weight is 530 g/mol. The standard InChI is InChI=1S/C29H28FN5O2S/c1-18-17-22(19(2)35(18)20-10-12-21(36)13-11-20)28-27(25-9-5-6-15-31-25)33-29(38)34(28)16-14-26(37)32-24-8-4-3-7-23(24)30/h3-13,15,17,27-28,36H,14,16H2,1-2H3,(H,32,37)(H,33,38)/t27-,28+/m1/s1. The van der Waals surface area contributed by atoms with E-state index in [1.54, 1.807) is 30.5 Å². The van der Waals surface area contributed by atoms with Gasteiger partial charge >= 0.3 is 0 Å². The van der Waals surface area contributed by atoms with Gasteiger partial charge < -0.3 is 25.2 Å². The Morgan fingerprint density at radius 3 is 2.55 bits per heavy atom. The number of nitrogens with zero attached hydrogens (tertiary/aromatic N) is 3. The summed E-state index contributed by atoms with van der Waals surface area (Å²) in [4.78, 5) is 19.4. The number of carbonyl (C=O) groups excluding carboxylic acids is 1. The van der Waals surface area contributed by atoms with Crippen molar-refractivity contribution in [2.45, 2.75) is 32.4 Å². The number of thiocarbonyl (C=S) groups is 1. The first-order valence-corrected chi connectivity index (χ1v) is 12.7. The van der Waals surface area contributed by atoms with Crippen molar-refractivity contribution in [3.63, 3.8) is 0 Å². The van der Waals surface area contributed by atoms with Gasteiger partial charge in [-0.3, -0.25) is 9.78 Å². The second-order valence-corrected chi connectivity index (χ2v) is 9.66. The van der Waals surface area contributed by atoms with Crippen molar-refractivity contribution in [2.24, 2.45) is 0 Å². The summed E-state index contributed by atoms with van der Waals surface area (Å²) in [6.07, 6.45) is 1.87. The lowest BCUT2D eigenvalue weighted by atomic mass is 9.96. The first kappa shape index (κ1) is 25.4. The van der Waals surface area contributed by atoms with E-state index >= 15 is 0 Å². The molecule has 2 aromatic carbocycles. The summed E-state index contributed by atoms with van der Waals surface area (Å²) in [5.74, 6) is -0.571. The van der Waals surface area contributed by atoms with E-state index in [1.165, 1.54) is 12.1 Å². The third-order valence-electron chi connectivity index (χ3n) is 6.82. The summed E-state index contributed by atoms with van der Waals surface area (Å²) >= 11 is 5.75. The largest absolute Gasteiger partial charge is 0.508 e. The number of rotatable bonds is 7. The van der Waals surface area contributed by atoms with Crippen LogP contribution in [-0.2, 0) is 4.79 Å². The first-order valence-electron chi connectivity index (χ1n) is 12.3. The lowest BCUT2D eigenvalue weighted by molar-refractivity contribution is -0.116. The molecule has 5 rings (SSSR count). The number of hydrogen-bond acceptors (Lipinski definition) is 4. The SMILES string of the molecule is Cc1cc([C@H]2[C@@H](c3ccccn3)NC(=S)N2CCC(=O)Nc2ccccc2F)c(C)n1-c1ccc(O)cc1. The Kier molecular flexibility index (Phi) is 7.11. The Morgan fingerprint density at radius 1 is 1.11 bits per heavy atom. The number of pyridine rings is 1. The number of aromatic hydroxyl groups is 1. The molecule has 3 N–H and O–H groups in total. The fourth-order valence-corrected chi connectivity index (χ4v) is 5.40. The predicted molar refractivity (Wildman–Crippen MR) is 149 cm³/mol. The van der Waals surface area contributed by atoms with Crippen molar-refractivity contribution in [1.82, 2.24) is 19.8 Å². The van der Waals surface area contributed by atoms with Gasteiger partial charge in [-0.15, -0.1) is 0 Å². The van der Waals surface area contributed by atoms with Gasteiger partial charge in [0.25, 0.3) is 0 Å². The van der Waals surface area contributed by atoms with Crippen molar-refractivity contribution in [1.29, 1.82) is 0 Å². The van der Waals surface area contributed by atoms with Crippen LogP contribution in [0.5, 0.6) is 5.75 Å². The molecule has 0 aliphatic carbocycles. The Balaban J connectivity index is 1.47. The quantitative estimate of drug-likeness (QED) is 0.281. The van der Waals surface area contributed by atoms with Gasteiger partial charge in [-0.25, -0.2) is 4.39 Å². The molecule has 0 unspecified atom stereocenters. The Bertz CT molecular complexity index is 1470. The average Bonchev–Trinajstić information content (AvgIpc) is 3.39. The summed E-state index contributed by atoms with van der Waals surface area (Å²) in [7, 11) is 0. The molecular weight excluding hydrogens is 501 g/mol. The van der Waals surface area contributed by atoms with Crippen LogP contribution >= 0.6 is 12.2 Å². The van der Waals surface area contributed by atoms with Crippen LogP contribution in [0, 0.1) is 19.7 Å². The number of nitrogens with one attached hydrogen (secondary N) is 2. The molecule has 0 saturated carbocycles. The molecule has 3 heterocycles. The Labute approximate surface area is 225 Å². The molecule has 194 valence electrons. The number of hydrogen-bond donors (Lipinski definition) is 3. The first-order chi connectivity index (χ1) is 18.3. The molecule has 9 heteroatoms. The Hall–Kier alpha value is -4.24. The molecule has 0 spiro atoms. The second-order valence-electron chi connectivity index (χ2n) is 9.28. The molecule has 1 fully saturated rings. The third-order valence-corrected chi connectivity index (χ3v) is 7.17. The van der Waals surface area contributed by atoms with E-state index in [9.17, 15) is 14.3 Å². The maximum absolute atomic E-state index is 14.0. The van der Waals surface area contributed by atoms with Crippen molar-refractivity contribution in [2.75, 3.05) is 11.9 Å². The molecule has 7 nitrogen and oxygen atoms in total.